The van der Waals surface area contributed by atoms with Gasteiger partial charge in [0.15, 0.2) is 0 Å². The van der Waals surface area contributed by atoms with Crippen LogP contribution in [-0.4, -0.2) is 22.3 Å². The third-order valence-corrected chi connectivity index (χ3v) is 0.357. The monoisotopic (exact) mass is 218 g/mol. The van der Waals surface area contributed by atoms with E-state index < -0.39 is 12.1 Å². The van der Waals surface area contributed by atoms with Crippen molar-refractivity contribution in [2.24, 2.45) is 0 Å². The Bertz CT molecular complexity index is 63.5. The Morgan fingerprint density at radius 3 is 1.62 bits per heavy atom. The zero-order chi connectivity index (χ0) is 5.15. The Hall–Kier alpha value is 0.677. The fourth-order valence-electron chi connectivity index (χ4n) is 0. The minimum atomic E-state index is -1.23. The normalized spacial score (nSPS) is 10.2. The number of carboxylic acids is 1. The number of hydrogen-bond acceptors (Lipinski definition) is 2. The minimum Gasteiger partial charge on any atom is -0.479 e. The van der Waals surface area contributed by atoms with Crippen molar-refractivity contribution in [3.8, 4) is 0 Å². The molecule has 5 heteroatoms. The first kappa shape index (κ1) is 15.9. The summed E-state index contributed by atoms with van der Waals surface area (Å²) < 4.78 is 0. The van der Waals surface area contributed by atoms with Gasteiger partial charge >= 0.3 is 5.97 Å². The predicted molar refractivity (Wildman–Crippen MR) is 19.3 cm³/mol. The van der Waals surface area contributed by atoms with Gasteiger partial charge in [-0.1, -0.05) is 0 Å². The van der Waals surface area contributed by atoms with Crippen LogP contribution in [0.4, 0.5) is 0 Å². The summed E-state index contributed by atoms with van der Waals surface area (Å²) in [5.41, 5.74) is 0. The Labute approximate surface area is 73.0 Å². The van der Waals surface area contributed by atoms with Gasteiger partial charge in [-0.3, -0.25) is 0 Å². The zero-order valence-electron chi connectivity index (χ0n) is 4.79. The molecule has 0 rings (SSSR count). The van der Waals surface area contributed by atoms with Crippen molar-refractivity contribution in [2.75, 3.05) is 0 Å². The van der Waals surface area contributed by atoms with Gasteiger partial charge in [-0.2, -0.15) is 0 Å². The first-order chi connectivity index (χ1) is 2.64. The fraction of sp³-hybridized carbons (Fsp3) is 0.667. The van der Waals surface area contributed by atoms with E-state index in [1.54, 1.807) is 0 Å². The average molecular weight is 221 g/mol. The van der Waals surface area contributed by atoms with Gasteiger partial charge in [0.2, 0.25) is 0 Å². The van der Waals surface area contributed by atoms with Crippen LogP contribution in [0.1, 0.15) is 6.92 Å². The number of carbonyl (C=O) groups is 1. The van der Waals surface area contributed by atoms with Crippen molar-refractivity contribution in [2.45, 2.75) is 13.0 Å². The first-order valence-corrected chi connectivity index (χ1v) is 1.55. The molecule has 0 heterocycles. The summed E-state index contributed by atoms with van der Waals surface area (Å²) in [7, 11) is 0. The van der Waals surface area contributed by atoms with Crippen molar-refractivity contribution >= 4 is 5.97 Å². The molecule has 0 fully saturated rings. The van der Waals surface area contributed by atoms with E-state index in [1.165, 1.54) is 6.92 Å². The van der Waals surface area contributed by atoms with Crippen LogP contribution in [-0.2, 0) is 43.8 Å². The van der Waals surface area contributed by atoms with E-state index in [0.29, 0.717) is 0 Å². The van der Waals surface area contributed by atoms with Crippen molar-refractivity contribution in [3.63, 3.8) is 0 Å². The summed E-state index contributed by atoms with van der Waals surface area (Å²) in [6, 6.07) is 0. The van der Waals surface area contributed by atoms with Gasteiger partial charge in [0, 0.05) is 39.0 Å². The standard InChI is InChI=1S/C3H6O3.2Zn/c1-2(4)3(5)6;;/h2,4H,1H3,(H,5,6);;. The molecule has 0 aromatic heterocycles. The van der Waals surface area contributed by atoms with E-state index in [1.807, 2.05) is 0 Å². The van der Waals surface area contributed by atoms with Crippen molar-refractivity contribution in [3.05, 3.63) is 0 Å². The first-order valence-electron chi connectivity index (χ1n) is 1.55. The largest absolute Gasteiger partial charge is 0.479 e. The Morgan fingerprint density at radius 1 is 1.50 bits per heavy atom. The maximum atomic E-state index is 9.45. The molecule has 0 aromatic rings. The summed E-state index contributed by atoms with van der Waals surface area (Å²) >= 11 is 0. The molecule has 0 aromatic carbocycles. The van der Waals surface area contributed by atoms with Gasteiger partial charge in [-0.25, -0.2) is 4.79 Å². The second-order valence-corrected chi connectivity index (χ2v) is 1.01. The molecule has 0 radical (unpaired) electrons. The summed E-state index contributed by atoms with van der Waals surface area (Å²) in [6.07, 6.45) is -1.23. The Balaban J connectivity index is -0.000000125. The molecule has 0 spiro atoms. The molecule has 0 aliphatic heterocycles. The van der Waals surface area contributed by atoms with Crippen LogP contribution < -0.4 is 0 Å². The van der Waals surface area contributed by atoms with Gasteiger partial charge in [-0.05, 0) is 6.92 Å². The second-order valence-electron chi connectivity index (χ2n) is 1.01. The van der Waals surface area contributed by atoms with E-state index >= 15 is 0 Å². The molecule has 0 saturated carbocycles. The van der Waals surface area contributed by atoms with Crippen molar-refractivity contribution < 1.29 is 54.0 Å². The molecule has 0 aliphatic rings. The van der Waals surface area contributed by atoms with Crippen LogP contribution in [0, 0.1) is 0 Å². The number of aliphatic carboxylic acids is 1. The van der Waals surface area contributed by atoms with Crippen LogP contribution in [0.2, 0.25) is 0 Å². The van der Waals surface area contributed by atoms with Crippen LogP contribution in [0.3, 0.4) is 0 Å². The van der Waals surface area contributed by atoms with Crippen LogP contribution in [0.25, 0.3) is 0 Å². The van der Waals surface area contributed by atoms with Gasteiger partial charge in [0.25, 0.3) is 0 Å². The van der Waals surface area contributed by atoms with Gasteiger partial charge < -0.3 is 10.2 Å². The maximum absolute atomic E-state index is 9.45. The summed E-state index contributed by atoms with van der Waals surface area (Å²) in [4.78, 5) is 9.45. The summed E-state index contributed by atoms with van der Waals surface area (Å²) in [6.45, 7) is 1.20. The molecule has 8 heavy (non-hydrogen) atoms. The third-order valence-electron chi connectivity index (χ3n) is 0.357. The second kappa shape index (κ2) is 7.68. The fourth-order valence-corrected chi connectivity index (χ4v) is 0. The molecule has 1 atom stereocenters. The molecule has 3 nitrogen and oxygen atoms in total. The van der Waals surface area contributed by atoms with E-state index in [-0.39, 0.29) is 39.0 Å². The number of rotatable bonds is 1. The Morgan fingerprint density at radius 2 is 1.62 bits per heavy atom. The average Bonchev–Trinajstić information content (AvgIpc) is 1.36. The molecular formula is C3H6O3Zn2. The SMILES string of the molecule is CC(O)C(=O)O.[Zn].[Zn]. The Kier molecular flexibility index (Phi) is 15.2. The van der Waals surface area contributed by atoms with Gasteiger partial charge in [0.1, 0.15) is 6.10 Å². The molecule has 1 unspecified atom stereocenters. The molecule has 0 amide bonds. The van der Waals surface area contributed by atoms with E-state index in [4.69, 9.17) is 10.2 Å². The molecule has 0 bridgehead atoms. The van der Waals surface area contributed by atoms with E-state index in [9.17, 15) is 4.79 Å². The topological polar surface area (TPSA) is 57.5 Å². The molecule has 0 aliphatic carbocycles. The van der Waals surface area contributed by atoms with Gasteiger partial charge in [0.05, 0.1) is 0 Å². The summed E-state index contributed by atoms with van der Waals surface area (Å²) in [5, 5.41) is 15.8. The summed E-state index contributed by atoms with van der Waals surface area (Å²) in [5.74, 6) is -1.19. The number of hydrogen-bond donors (Lipinski definition) is 2. The number of aliphatic hydroxyl groups excluding tert-OH is 1. The molecule has 40 valence electrons. The quantitative estimate of drug-likeness (QED) is 0.583. The maximum Gasteiger partial charge on any atom is 0.332 e. The molecule has 2 N–H and O–H groups in total. The molecule has 0 saturated heterocycles. The third kappa shape index (κ3) is 9.84. The van der Waals surface area contributed by atoms with Crippen molar-refractivity contribution in [1.29, 1.82) is 0 Å². The van der Waals surface area contributed by atoms with E-state index in [0.717, 1.165) is 0 Å². The number of aliphatic hydroxyl groups is 1. The molecular weight excluding hydrogens is 215 g/mol. The van der Waals surface area contributed by atoms with Crippen LogP contribution in [0.15, 0.2) is 0 Å². The van der Waals surface area contributed by atoms with Crippen LogP contribution >= 0.6 is 0 Å². The zero-order valence-corrected chi connectivity index (χ0v) is 10.7. The van der Waals surface area contributed by atoms with Gasteiger partial charge in [-0.15, -0.1) is 0 Å². The smallest absolute Gasteiger partial charge is 0.332 e. The minimum absolute atomic E-state index is 0. The van der Waals surface area contributed by atoms with Crippen molar-refractivity contribution in [1.82, 2.24) is 0 Å². The van der Waals surface area contributed by atoms with Crippen LogP contribution in [0.5, 0.6) is 0 Å². The number of carboxylic acid groups (broad SMARTS) is 1. The van der Waals surface area contributed by atoms with E-state index in [2.05, 4.69) is 0 Å². The predicted octanol–water partition coefficient (Wildman–Crippen LogP) is -0.553.